The number of unbranched alkanes of at least 4 members (excludes halogenated alkanes) is 4. The minimum absolute atomic E-state index is 0.0891. The Labute approximate surface area is 171 Å². The molecule has 0 fully saturated rings. The zero-order valence-corrected chi connectivity index (χ0v) is 18.2. The lowest BCUT2D eigenvalue weighted by molar-refractivity contribution is 0.340. The van der Waals surface area contributed by atoms with Gasteiger partial charge in [0.25, 0.3) is 5.56 Å². The maximum Gasteiger partial charge on any atom is 0.262 e. The third-order valence-electron chi connectivity index (χ3n) is 5.12. The highest BCUT2D eigenvalue weighted by molar-refractivity contribution is 7.19. The van der Waals surface area contributed by atoms with Gasteiger partial charge in [-0.05, 0) is 44.9 Å². The molecule has 2 heterocycles. The number of fused-ring (bicyclic) bond motifs is 1. The van der Waals surface area contributed by atoms with Crippen LogP contribution in [0.25, 0.3) is 21.3 Å². The summed E-state index contributed by atoms with van der Waals surface area (Å²) >= 11 is 1.60. The number of benzene rings is 1. The van der Waals surface area contributed by atoms with E-state index in [-0.39, 0.29) is 5.56 Å². The van der Waals surface area contributed by atoms with Gasteiger partial charge in [0.05, 0.1) is 12.0 Å². The smallest absolute Gasteiger partial charge is 0.262 e. The summed E-state index contributed by atoms with van der Waals surface area (Å²) < 4.78 is 7.41. The minimum atomic E-state index is 0.0891. The molecule has 5 heteroatoms. The highest BCUT2D eigenvalue weighted by Crippen LogP contribution is 2.36. The molecular weight excluding hydrogens is 368 g/mol. The van der Waals surface area contributed by atoms with Gasteiger partial charge in [-0.25, -0.2) is 4.98 Å². The Morgan fingerprint density at radius 3 is 2.43 bits per heavy atom. The molecule has 3 aromatic rings. The first kappa shape index (κ1) is 20.6. The van der Waals surface area contributed by atoms with Crippen LogP contribution in [0, 0.1) is 13.8 Å². The van der Waals surface area contributed by atoms with Gasteiger partial charge < -0.3 is 4.74 Å². The van der Waals surface area contributed by atoms with E-state index in [0.717, 1.165) is 57.2 Å². The highest BCUT2D eigenvalue weighted by atomic mass is 32.1. The Hall–Kier alpha value is -2.14. The topological polar surface area (TPSA) is 44.1 Å². The third-order valence-corrected chi connectivity index (χ3v) is 6.12. The van der Waals surface area contributed by atoms with E-state index in [1.54, 1.807) is 11.3 Å². The first-order valence-electron chi connectivity index (χ1n) is 10.3. The van der Waals surface area contributed by atoms with Gasteiger partial charge in [-0.1, -0.05) is 44.7 Å². The summed E-state index contributed by atoms with van der Waals surface area (Å²) in [6.45, 7) is 9.60. The predicted octanol–water partition coefficient (Wildman–Crippen LogP) is 6.11. The second-order valence-electron chi connectivity index (χ2n) is 7.20. The molecule has 0 radical (unpaired) electrons. The molecule has 0 spiro atoms. The lowest BCUT2D eigenvalue weighted by Gasteiger charge is -2.10. The Balaban J connectivity index is 1.98. The molecule has 0 saturated carbocycles. The zero-order chi connectivity index (χ0) is 20.1. The molecule has 0 bridgehead atoms. The van der Waals surface area contributed by atoms with Crippen molar-refractivity contribution in [2.45, 2.75) is 66.3 Å². The summed E-state index contributed by atoms with van der Waals surface area (Å²) in [6.07, 6.45) is 5.90. The number of thiophene rings is 1. The number of nitrogens with zero attached hydrogens (tertiary/aromatic N) is 2. The van der Waals surface area contributed by atoms with Gasteiger partial charge in [0.15, 0.2) is 0 Å². The average molecular weight is 399 g/mol. The zero-order valence-electron chi connectivity index (χ0n) is 17.4. The summed E-state index contributed by atoms with van der Waals surface area (Å²) in [7, 11) is 0. The Bertz CT molecular complexity index is 986. The first-order valence-corrected chi connectivity index (χ1v) is 11.1. The van der Waals surface area contributed by atoms with E-state index in [1.165, 1.54) is 19.3 Å². The van der Waals surface area contributed by atoms with E-state index in [4.69, 9.17) is 9.72 Å². The molecule has 1 aromatic carbocycles. The molecule has 0 amide bonds. The number of aromatic nitrogens is 2. The molecule has 4 nitrogen and oxygen atoms in total. The lowest BCUT2D eigenvalue weighted by atomic mass is 10.0. The monoisotopic (exact) mass is 398 g/mol. The summed E-state index contributed by atoms with van der Waals surface area (Å²) in [6, 6.07) is 8.01. The van der Waals surface area contributed by atoms with Crippen LogP contribution in [0.4, 0.5) is 0 Å². The van der Waals surface area contributed by atoms with Gasteiger partial charge in [0.2, 0.25) is 0 Å². The van der Waals surface area contributed by atoms with Crippen LogP contribution >= 0.6 is 11.3 Å². The fourth-order valence-corrected chi connectivity index (χ4v) is 4.75. The fraction of sp³-hybridized carbons (Fsp3) is 0.478. The van der Waals surface area contributed by atoms with Crippen molar-refractivity contribution >= 4 is 21.6 Å². The van der Waals surface area contributed by atoms with Gasteiger partial charge in [-0.3, -0.25) is 9.36 Å². The Kier molecular flexibility index (Phi) is 6.89. The van der Waals surface area contributed by atoms with Crippen LogP contribution < -0.4 is 10.3 Å². The van der Waals surface area contributed by atoms with Crippen molar-refractivity contribution in [1.29, 1.82) is 0 Å². The molecule has 0 unspecified atom stereocenters. The van der Waals surface area contributed by atoms with Crippen LogP contribution in [0.5, 0.6) is 5.75 Å². The summed E-state index contributed by atoms with van der Waals surface area (Å²) in [4.78, 5) is 20.1. The van der Waals surface area contributed by atoms with Crippen molar-refractivity contribution in [3.8, 4) is 16.9 Å². The van der Waals surface area contributed by atoms with Crippen molar-refractivity contribution < 1.29 is 4.74 Å². The SMILES string of the molecule is CCCCCCCn1c(C)nc2sc(C)c(-c3ccc(OCC)cc3)c2c1=O. The summed E-state index contributed by atoms with van der Waals surface area (Å²) in [5.41, 5.74) is 2.15. The molecule has 28 heavy (non-hydrogen) atoms. The van der Waals surface area contributed by atoms with E-state index in [2.05, 4.69) is 13.8 Å². The molecule has 3 rings (SSSR count). The van der Waals surface area contributed by atoms with E-state index >= 15 is 0 Å². The lowest BCUT2D eigenvalue weighted by Crippen LogP contribution is -2.23. The fourth-order valence-electron chi connectivity index (χ4n) is 3.67. The second kappa shape index (κ2) is 9.37. The molecule has 150 valence electrons. The second-order valence-corrected chi connectivity index (χ2v) is 8.40. The Morgan fingerprint density at radius 1 is 1.04 bits per heavy atom. The number of hydrogen-bond acceptors (Lipinski definition) is 4. The van der Waals surface area contributed by atoms with Gasteiger partial charge in [0.1, 0.15) is 16.4 Å². The summed E-state index contributed by atoms with van der Waals surface area (Å²) in [5.74, 6) is 1.66. The number of rotatable bonds is 9. The van der Waals surface area contributed by atoms with Crippen molar-refractivity contribution in [2.24, 2.45) is 0 Å². The third kappa shape index (κ3) is 4.30. The van der Waals surface area contributed by atoms with Crippen LogP contribution in [-0.4, -0.2) is 16.2 Å². The van der Waals surface area contributed by atoms with Gasteiger partial charge >= 0.3 is 0 Å². The average Bonchev–Trinajstić information content (AvgIpc) is 3.00. The van der Waals surface area contributed by atoms with E-state index < -0.39 is 0 Å². The number of hydrogen-bond donors (Lipinski definition) is 0. The maximum absolute atomic E-state index is 13.4. The van der Waals surface area contributed by atoms with Crippen molar-refractivity contribution in [3.63, 3.8) is 0 Å². The highest BCUT2D eigenvalue weighted by Gasteiger charge is 2.18. The van der Waals surface area contributed by atoms with Crippen molar-refractivity contribution in [2.75, 3.05) is 6.61 Å². The van der Waals surface area contributed by atoms with Gasteiger partial charge in [0, 0.05) is 17.0 Å². The minimum Gasteiger partial charge on any atom is -0.494 e. The Morgan fingerprint density at radius 2 is 1.75 bits per heavy atom. The molecule has 0 aliphatic heterocycles. The van der Waals surface area contributed by atoms with E-state index in [0.29, 0.717) is 6.61 Å². The normalized spacial score (nSPS) is 11.3. The maximum atomic E-state index is 13.4. The van der Waals surface area contributed by atoms with Crippen molar-refractivity contribution in [3.05, 3.63) is 45.3 Å². The van der Waals surface area contributed by atoms with Crippen molar-refractivity contribution in [1.82, 2.24) is 9.55 Å². The largest absolute Gasteiger partial charge is 0.494 e. The quantitative estimate of drug-likeness (QED) is 0.408. The molecule has 0 aliphatic rings. The van der Waals surface area contributed by atoms with Gasteiger partial charge in [-0.15, -0.1) is 11.3 Å². The van der Waals surface area contributed by atoms with Crippen LogP contribution in [0.15, 0.2) is 29.1 Å². The van der Waals surface area contributed by atoms with Crippen LogP contribution in [0.2, 0.25) is 0 Å². The number of ether oxygens (including phenoxy) is 1. The van der Waals surface area contributed by atoms with E-state index in [9.17, 15) is 4.79 Å². The standard InChI is InChI=1S/C23H30N2O2S/c1-5-7-8-9-10-15-25-17(4)24-22-21(23(25)26)20(16(3)28-22)18-11-13-19(14-12-18)27-6-2/h11-14H,5-10,15H2,1-4H3. The first-order chi connectivity index (χ1) is 13.6. The molecule has 0 saturated heterocycles. The number of aryl methyl sites for hydroxylation is 2. The van der Waals surface area contributed by atoms with Crippen LogP contribution in [0.3, 0.4) is 0 Å². The molecule has 2 aromatic heterocycles. The molecule has 0 N–H and O–H groups in total. The molecule has 0 atom stereocenters. The van der Waals surface area contributed by atoms with Crippen LogP contribution in [-0.2, 0) is 6.54 Å². The predicted molar refractivity (Wildman–Crippen MR) is 119 cm³/mol. The summed E-state index contributed by atoms with van der Waals surface area (Å²) in [5, 5.41) is 0.755. The molecular formula is C23H30N2O2S. The van der Waals surface area contributed by atoms with E-state index in [1.807, 2.05) is 42.7 Å². The van der Waals surface area contributed by atoms with Crippen LogP contribution in [0.1, 0.15) is 56.7 Å². The molecule has 0 aliphatic carbocycles. The van der Waals surface area contributed by atoms with Gasteiger partial charge in [-0.2, -0.15) is 0 Å².